The first-order valence-electron chi connectivity index (χ1n) is 4.32. The molecule has 0 aliphatic rings. The highest BCUT2D eigenvalue weighted by Gasteiger charge is 2.17. The van der Waals surface area contributed by atoms with Gasteiger partial charge in [-0.05, 0) is 13.8 Å². The van der Waals surface area contributed by atoms with Crippen LogP contribution in [0.5, 0.6) is 0 Å². The van der Waals surface area contributed by atoms with Crippen LogP contribution in [0.2, 0.25) is 0 Å². The molecule has 0 aliphatic carbocycles. The van der Waals surface area contributed by atoms with E-state index in [0.29, 0.717) is 11.4 Å². The van der Waals surface area contributed by atoms with E-state index in [0.717, 1.165) is 5.69 Å². The van der Waals surface area contributed by atoms with Gasteiger partial charge in [0.25, 0.3) is 5.91 Å². The number of nitrogens with zero attached hydrogens (tertiary/aromatic N) is 2. The van der Waals surface area contributed by atoms with Crippen molar-refractivity contribution in [3.05, 3.63) is 16.1 Å². The highest BCUT2D eigenvalue weighted by atomic mass is 35.5. The number of alkyl halides is 1. The SMILES string of the molecule is Cc1ncsc1C(=O)N(C)CC(C)Cl. The van der Waals surface area contributed by atoms with Crippen molar-refractivity contribution in [1.82, 2.24) is 9.88 Å². The van der Waals surface area contributed by atoms with Crippen LogP contribution in [0.4, 0.5) is 0 Å². The van der Waals surface area contributed by atoms with Crippen LogP contribution in [0.25, 0.3) is 0 Å². The Morgan fingerprint density at radius 3 is 2.86 bits per heavy atom. The summed E-state index contributed by atoms with van der Waals surface area (Å²) in [4.78, 5) is 18.2. The smallest absolute Gasteiger partial charge is 0.265 e. The normalized spacial score (nSPS) is 12.6. The average molecular weight is 233 g/mol. The molecule has 0 spiro atoms. The number of halogens is 1. The minimum atomic E-state index is -0.0304. The second-order valence-corrected chi connectivity index (χ2v) is 4.83. The molecule has 1 atom stereocenters. The van der Waals surface area contributed by atoms with E-state index in [4.69, 9.17) is 11.6 Å². The average Bonchev–Trinajstić information content (AvgIpc) is 2.48. The highest BCUT2D eigenvalue weighted by molar-refractivity contribution is 7.11. The van der Waals surface area contributed by atoms with Gasteiger partial charge in [-0.25, -0.2) is 4.98 Å². The number of thiazole rings is 1. The van der Waals surface area contributed by atoms with Crippen LogP contribution in [0.15, 0.2) is 5.51 Å². The molecule has 0 bridgehead atoms. The Balaban J connectivity index is 2.71. The van der Waals surface area contributed by atoms with Crippen molar-refractivity contribution >= 4 is 28.8 Å². The first kappa shape index (κ1) is 11.5. The third-order valence-corrected chi connectivity index (χ3v) is 2.87. The quantitative estimate of drug-likeness (QED) is 0.749. The predicted octanol–water partition coefficient (Wildman–Crippen LogP) is 2.15. The van der Waals surface area contributed by atoms with Crippen molar-refractivity contribution in [3.63, 3.8) is 0 Å². The lowest BCUT2D eigenvalue weighted by atomic mass is 10.3. The zero-order valence-corrected chi connectivity index (χ0v) is 10.0. The number of amides is 1. The topological polar surface area (TPSA) is 33.2 Å². The number of carbonyl (C=O) groups is 1. The van der Waals surface area contributed by atoms with E-state index >= 15 is 0 Å². The molecule has 1 rings (SSSR count). The van der Waals surface area contributed by atoms with Gasteiger partial charge in [-0.1, -0.05) is 0 Å². The van der Waals surface area contributed by atoms with Gasteiger partial charge in [0.2, 0.25) is 0 Å². The van der Waals surface area contributed by atoms with Gasteiger partial charge in [-0.3, -0.25) is 4.79 Å². The maximum atomic E-state index is 11.8. The number of aryl methyl sites for hydroxylation is 1. The van der Waals surface area contributed by atoms with Crippen LogP contribution in [0.3, 0.4) is 0 Å². The summed E-state index contributed by atoms with van der Waals surface area (Å²) >= 11 is 7.18. The maximum Gasteiger partial charge on any atom is 0.265 e. The van der Waals surface area contributed by atoms with Crippen molar-refractivity contribution in [1.29, 1.82) is 0 Å². The lowest BCUT2D eigenvalue weighted by Gasteiger charge is -2.17. The van der Waals surface area contributed by atoms with Gasteiger partial charge in [-0.15, -0.1) is 22.9 Å². The molecular formula is C9H13ClN2OS. The molecule has 0 radical (unpaired) electrons. The number of hydrogen-bond acceptors (Lipinski definition) is 3. The Morgan fingerprint density at radius 1 is 1.79 bits per heavy atom. The molecule has 0 aliphatic heterocycles. The minimum absolute atomic E-state index is 0.00231. The summed E-state index contributed by atoms with van der Waals surface area (Å²) in [5.41, 5.74) is 2.47. The Labute approximate surface area is 92.7 Å². The molecule has 3 nitrogen and oxygen atoms in total. The van der Waals surface area contributed by atoms with E-state index in [-0.39, 0.29) is 11.3 Å². The summed E-state index contributed by atoms with van der Waals surface area (Å²) in [6, 6.07) is 0. The third kappa shape index (κ3) is 2.69. The van der Waals surface area contributed by atoms with Gasteiger partial charge in [0, 0.05) is 19.0 Å². The lowest BCUT2D eigenvalue weighted by molar-refractivity contribution is 0.0800. The number of carbonyl (C=O) groups excluding carboxylic acids is 1. The fraction of sp³-hybridized carbons (Fsp3) is 0.556. The summed E-state index contributed by atoms with van der Waals surface area (Å²) in [6.45, 7) is 4.25. The molecule has 1 amide bonds. The van der Waals surface area contributed by atoms with E-state index < -0.39 is 0 Å². The molecule has 78 valence electrons. The number of rotatable bonds is 3. The van der Waals surface area contributed by atoms with Gasteiger partial charge in [0.15, 0.2) is 0 Å². The molecule has 1 unspecified atom stereocenters. The molecule has 0 fully saturated rings. The molecule has 0 aromatic carbocycles. The molecular weight excluding hydrogens is 220 g/mol. The molecule has 0 saturated heterocycles. The maximum absolute atomic E-state index is 11.8. The van der Waals surface area contributed by atoms with Crippen LogP contribution in [0.1, 0.15) is 22.3 Å². The lowest BCUT2D eigenvalue weighted by Crippen LogP contribution is -2.31. The largest absolute Gasteiger partial charge is 0.339 e. The van der Waals surface area contributed by atoms with E-state index in [1.165, 1.54) is 11.3 Å². The Hall–Kier alpha value is -0.610. The summed E-state index contributed by atoms with van der Waals surface area (Å²) in [5, 5.41) is -0.0304. The first-order valence-corrected chi connectivity index (χ1v) is 5.63. The van der Waals surface area contributed by atoms with Gasteiger partial charge in [0.1, 0.15) is 4.88 Å². The summed E-state index contributed by atoms with van der Waals surface area (Å²) in [7, 11) is 1.75. The molecule has 14 heavy (non-hydrogen) atoms. The third-order valence-electron chi connectivity index (χ3n) is 1.81. The molecule has 1 aromatic rings. The Bertz CT molecular complexity index is 324. The zero-order valence-electron chi connectivity index (χ0n) is 8.45. The van der Waals surface area contributed by atoms with Crippen molar-refractivity contribution in [3.8, 4) is 0 Å². The van der Waals surface area contributed by atoms with E-state index in [1.807, 2.05) is 13.8 Å². The van der Waals surface area contributed by atoms with Crippen molar-refractivity contribution < 1.29 is 4.79 Å². The van der Waals surface area contributed by atoms with Gasteiger partial charge >= 0.3 is 0 Å². The van der Waals surface area contributed by atoms with Crippen LogP contribution in [-0.2, 0) is 0 Å². The summed E-state index contributed by atoms with van der Waals surface area (Å²) < 4.78 is 0. The zero-order chi connectivity index (χ0) is 10.7. The fourth-order valence-electron chi connectivity index (χ4n) is 1.14. The van der Waals surface area contributed by atoms with Gasteiger partial charge in [-0.2, -0.15) is 0 Å². The summed E-state index contributed by atoms with van der Waals surface area (Å²) in [6.07, 6.45) is 0. The molecule has 1 heterocycles. The summed E-state index contributed by atoms with van der Waals surface area (Å²) in [5.74, 6) is -0.00231. The number of aromatic nitrogens is 1. The van der Waals surface area contributed by atoms with Crippen LogP contribution in [-0.4, -0.2) is 34.8 Å². The Morgan fingerprint density at radius 2 is 2.43 bits per heavy atom. The molecule has 0 saturated carbocycles. The fourth-order valence-corrected chi connectivity index (χ4v) is 2.14. The predicted molar refractivity (Wildman–Crippen MR) is 59.1 cm³/mol. The van der Waals surface area contributed by atoms with Crippen molar-refractivity contribution in [2.24, 2.45) is 0 Å². The number of hydrogen-bond donors (Lipinski definition) is 0. The second kappa shape index (κ2) is 4.75. The standard InChI is InChI=1S/C9H13ClN2OS/c1-6(10)4-12(3)9(13)8-7(2)11-5-14-8/h5-6H,4H2,1-3H3. The van der Waals surface area contributed by atoms with Gasteiger partial charge in [0.05, 0.1) is 11.2 Å². The van der Waals surface area contributed by atoms with Crippen molar-refractivity contribution in [2.75, 3.05) is 13.6 Å². The van der Waals surface area contributed by atoms with E-state index in [9.17, 15) is 4.79 Å². The van der Waals surface area contributed by atoms with Gasteiger partial charge < -0.3 is 4.90 Å². The first-order chi connectivity index (χ1) is 6.52. The Kier molecular flexibility index (Phi) is 3.89. The molecule has 1 aromatic heterocycles. The molecule has 0 N–H and O–H groups in total. The monoisotopic (exact) mass is 232 g/mol. The van der Waals surface area contributed by atoms with Crippen LogP contribution >= 0.6 is 22.9 Å². The molecule has 5 heteroatoms. The van der Waals surface area contributed by atoms with Crippen molar-refractivity contribution in [2.45, 2.75) is 19.2 Å². The minimum Gasteiger partial charge on any atom is -0.339 e. The van der Waals surface area contributed by atoms with Crippen LogP contribution < -0.4 is 0 Å². The second-order valence-electron chi connectivity index (χ2n) is 3.23. The van der Waals surface area contributed by atoms with Crippen LogP contribution in [0, 0.1) is 6.92 Å². The van der Waals surface area contributed by atoms with E-state index in [1.54, 1.807) is 17.5 Å². The van der Waals surface area contributed by atoms with E-state index in [2.05, 4.69) is 4.98 Å². The highest BCUT2D eigenvalue weighted by Crippen LogP contribution is 2.14.